The van der Waals surface area contributed by atoms with Crippen molar-refractivity contribution in [3.63, 3.8) is 0 Å². The van der Waals surface area contributed by atoms with Crippen molar-refractivity contribution in [3.8, 4) is 0 Å². The van der Waals surface area contributed by atoms with E-state index < -0.39 is 20.2 Å². The first-order valence-electron chi connectivity index (χ1n) is 5.15. The highest BCUT2D eigenvalue weighted by molar-refractivity contribution is 7.91. The lowest BCUT2D eigenvalue weighted by atomic mass is 10.5. The minimum absolute atomic E-state index is 0.0202. The molecular formula is C8H13N3O4S3. The summed E-state index contributed by atoms with van der Waals surface area (Å²) in [5.41, 5.74) is 0. The van der Waals surface area contributed by atoms with Crippen molar-refractivity contribution >= 4 is 31.6 Å². The maximum absolute atomic E-state index is 11.5. The molecule has 0 aliphatic heterocycles. The average molecular weight is 311 g/mol. The molecule has 0 spiro atoms. The standard InChI is InChI=1S/C8H13N3O4S3/c9-17(12,13)8-4-3-7(16-8)5-10-18(14,15)11-6-1-2-6/h3-4,6,10-11H,1-2,5H2,(H2,9,12,13). The summed E-state index contributed by atoms with van der Waals surface area (Å²) in [7, 11) is -7.24. The van der Waals surface area contributed by atoms with E-state index in [1.807, 2.05) is 0 Å². The molecule has 0 bridgehead atoms. The summed E-state index contributed by atoms with van der Waals surface area (Å²) >= 11 is 0.947. The predicted octanol–water partition coefficient (Wildman–Crippen LogP) is -0.518. The maximum Gasteiger partial charge on any atom is 0.277 e. The van der Waals surface area contributed by atoms with Crippen molar-refractivity contribution in [2.75, 3.05) is 0 Å². The second-order valence-electron chi connectivity index (χ2n) is 3.98. The van der Waals surface area contributed by atoms with Gasteiger partial charge < -0.3 is 0 Å². The number of sulfonamides is 1. The zero-order chi connectivity index (χ0) is 13.4. The smallest absolute Gasteiger partial charge is 0.224 e. The molecule has 0 aromatic carbocycles. The number of hydrogen-bond donors (Lipinski definition) is 3. The number of thiophene rings is 1. The van der Waals surface area contributed by atoms with Crippen LogP contribution in [0.4, 0.5) is 0 Å². The van der Waals surface area contributed by atoms with Crippen LogP contribution in [0.3, 0.4) is 0 Å². The van der Waals surface area contributed by atoms with Gasteiger partial charge in [-0.25, -0.2) is 13.6 Å². The molecule has 1 fully saturated rings. The Labute approximate surface area is 110 Å². The van der Waals surface area contributed by atoms with Crippen LogP contribution in [0.5, 0.6) is 0 Å². The molecule has 7 nitrogen and oxygen atoms in total. The van der Waals surface area contributed by atoms with Crippen LogP contribution in [-0.2, 0) is 26.8 Å². The predicted molar refractivity (Wildman–Crippen MR) is 67.6 cm³/mol. The highest BCUT2D eigenvalue weighted by atomic mass is 32.2. The van der Waals surface area contributed by atoms with Crippen LogP contribution >= 0.6 is 11.3 Å². The Hall–Kier alpha value is -0.520. The second-order valence-corrected chi connectivity index (χ2v) is 8.47. The molecule has 1 aromatic rings. The van der Waals surface area contributed by atoms with Crippen molar-refractivity contribution in [1.29, 1.82) is 0 Å². The Morgan fingerprint density at radius 1 is 1.28 bits per heavy atom. The van der Waals surface area contributed by atoms with Gasteiger partial charge in [-0.1, -0.05) is 0 Å². The Kier molecular flexibility index (Phi) is 3.76. The molecule has 1 saturated carbocycles. The van der Waals surface area contributed by atoms with Crippen LogP contribution < -0.4 is 14.6 Å². The number of rotatable bonds is 6. The van der Waals surface area contributed by atoms with E-state index in [1.165, 1.54) is 12.1 Å². The highest BCUT2D eigenvalue weighted by Gasteiger charge is 2.26. The molecule has 1 aliphatic carbocycles. The van der Waals surface area contributed by atoms with Crippen LogP contribution in [0.25, 0.3) is 0 Å². The molecule has 0 atom stereocenters. The highest BCUT2D eigenvalue weighted by Crippen LogP contribution is 2.21. The van der Waals surface area contributed by atoms with Crippen molar-refractivity contribution in [2.24, 2.45) is 5.14 Å². The van der Waals surface area contributed by atoms with Gasteiger partial charge in [0.25, 0.3) is 10.2 Å². The van der Waals surface area contributed by atoms with Gasteiger partial charge in [0, 0.05) is 17.5 Å². The lowest BCUT2D eigenvalue weighted by Gasteiger charge is -2.05. The van der Waals surface area contributed by atoms with E-state index in [-0.39, 0.29) is 16.8 Å². The van der Waals surface area contributed by atoms with E-state index in [9.17, 15) is 16.8 Å². The van der Waals surface area contributed by atoms with E-state index in [4.69, 9.17) is 5.14 Å². The van der Waals surface area contributed by atoms with Crippen molar-refractivity contribution in [3.05, 3.63) is 17.0 Å². The van der Waals surface area contributed by atoms with Crippen molar-refractivity contribution in [1.82, 2.24) is 9.44 Å². The third-order valence-electron chi connectivity index (χ3n) is 2.25. The first-order valence-corrected chi connectivity index (χ1v) is 8.99. The first-order chi connectivity index (χ1) is 8.26. The van der Waals surface area contributed by atoms with Crippen molar-refractivity contribution in [2.45, 2.75) is 29.6 Å². The Morgan fingerprint density at radius 2 is 1.94 bits per heavy atom. The third kappa shape index (κ3) is 4.00. The van der Waals surface area contributed by atoms with Gasteiger partial charge in [0.05, 0.1) is 0 Å². The largest absolute Gasteiger partial charge is 0.277 e. The Morgan fingerprint density at radius 3 is 2.44 bits per heavy atom. The summed E-state index contributed by atoms with van der Waals surface area (Å²) in [6, 6.07) is 2.92. The lowest BCUT2D eigenvalue weighted by Crippen LogP contribution is -2.37. The fraction of sp³-hybridized carbons (Fsp3) is 0.500. The molecule has 18 heavy (non-hydrogen) atoms. The van der Waals surface area contributed by atoms with Crippen LogP contribution in [0.15, 0.2) is 16.3 Å². The summed E-state index contributed by atoms with van der Waals surface area (Å²) in [5.74, 6) is 0. The number of primary sulfonamides is 1. The second kappa shape index (κ2) is 4.87. The normalized spacial score (nSPS) is 16.9. The summed E-state index contributed by atoms with van der Waals surface area (Å²) in [4.78, 5) is 0.584. The van der Waals surface area contributed by atoms with Gasteiger partial charge in [-0.3, -0.25) is 0 Å². The van der Waals surface area contributed by atoms with Crippen LogP contribution in [-0.4, -0.2) is 22.9 Å². The van der Waals surface area contributed by atoms with Crippen LogP contribution in [0.2, 0.25) is 0 Å². The molecule has 1 aliphatic rings. The van der Waals surface area contributed by atoms with Gasteiger partial charge in [-0.2, -0.15) is 17.9 Å². The number of nitrogens with two attached hydrogens (primary N) is 1. The van der Waals surface area contributed by atoms with Gasteiger partial charge in [0.15, 0.2) is 0 Å². The average Bonchev–Trinajstić information content (AvgIpc) is 2.89. The molecule has 102 valence electrons. The molecule has 0 saturated heterocycles. The van der Waals surface area contributed by atoms with Gasteiger partial charge in [-0.15, -0.1) is 11.3 Å². The quantitative estimate of drug-likeness (QED) is 0.655. The summed E-state index contributed by atoms with van der Waals surface area (Å²) < 4.78 is 49.9. The van der Waals surface area contributed by atoms with Gasteiger partial charge >= 0.3 is 0 Å². The van der Waals surface area contributed by atoms with Crippen molar-refractivity contribution < 1.29 is 16.8 Å². The van der Waals surface area contributed by atoms with Gasteiger partial charge in [0.1, 0.15) is 4.21 Å². The van der Waals surface area contributed by atoms with Crippen LogP contribution in [0, 0.1) is 0 Å². The molecule has 0 radical (unpaired) electrons. The molecule has 4 N–H and O–H groups in total. The molecular weight excluding hydrogens is 298 g/mol. The SMILES string of the molecule is NS(=O)(=O)c1ccc(CNS(=O)(=O)NC2CC2)s1. The summed E-state index contributed by atoms with van der Waals surface area (Å²) in [6.45, 7) is 0.0439. The van der Waals surface area contributed by atoms with Gasteiger partial charge in [-0.05, 0) is 25.0 Å². The van der Waals surface area contributed by atoms with Crippen LogP contribution in [0.1, 0.15) is 17.7 Å². The van der Waals surface area contributed by atoms with E-state index in [0.29, 0.717) is 4.88 Å². The van der Waals surface area contributed by atoms with Gasteiger partial charge in [0.2, 0.25) is 10.0 Å². The lowest BCUT2D eigenvalue weighted by molar-refractivity contribution is 0.566. The van der Waals surface area contributed by atoms with E-state index in [2.05, 4.69) is 9.44 Å². The Balaban J connectivity index is 1.96. The molecule has 1 aromatic heterocycles. The monoisotopic (exact) mass is 311 g/mol. The zero-order valence-corrected chi connectivity index (χ0v) is 11.7. The minimum atomic E-state index is -3.72. The van der Waals surface area contributed by atoms with E-state index >= 15 is 0 Å². The number of hydrogen-bond acceptors (Lipinski definition) is 5. The number of nitrogens with one attached hydrogen (secondary N) is 2. The van der Waals surface area contributed by atoms with E-state index in [1.54, 1.807) is 0 Å². The molecule has 1 heterocycles. The fourth-order valence-corrected chi connectivity index (χ4v) is 4.15. The maximum atomic E-state index is 11.5. The zero-order valence-electron chi connectivity index (χ0n) is 9.29. The fourth-order valence-electron chi connectivity index (χ4n) is 1.23. The topological polar surface area (TPSA) is 118 Å². The molecule has 10 heteroatoms. The Bertz CT molecular complexity index is 630. The minimum Gasteiger partial charge on any atom is -0.224 e. The molecule has 0 unspecified atom stereocenters. The molecule has 0 amide bonds. The first kappa shape index (κ1) is 13.9. The third-order valence-corrected chi connectivity index (χ3v) is 5.94. The van der Waals surface area contributed by atoms with E-state index in [0.717, 1.165) is 24.2 Å². The summed E-state index contributed by atoms with van der Waals surface area (Å²) in [5, 5.41) is 4.96. The molecule has 2 rings (SSSR count). The summed E-state index contributed by atoms with van der Waals surface area (Å²) in [6.07, 6.45) is 1.71.